The van der Waals surface area contributed by atoms with E-state index in [9.17, 15) is 4.79 Å². The van der Waals surface area contributed by atoms with Crippen LogP contribution in [0.3, 0.4) is 0 Å². The molecule has 17 heavy (non-hydrogen) atoms. The SMILES string of the molecule is CC1(C)OC(=O)Nc2ccc(/C=C\C#N)cc21. The molecule has 0 atom stereocenters. The summed E-state index contributed by atoms with van der Waals surface area (Å²) >= 11 is 0. The molecular formula is C13H12N2O2. The van der Waals surface area contributed by atoms with E-state index in [1.54, 1.807) is 6.08 Å². The van der Waals surface area contributed by atoms with Gasteiger partial charge >= 0.3 is 6.09 Å². The molecule has 0 radical (unpaired) electrons. The van der Waals surface area contributed by atoms with Crippen LogP contribution in [0.1, 0.15) is 25.0 Å². The summed E-state index contributed by atoms with van der Waals surface area (Å²) in [7, 11) is 0. The zero-order chi connectivity index (χ0) is 12.5. The lowest BCUT2D eigenvalue weighted by Crippen LogP contribution is -2.34. The zero-order valence-electron chi connectivity index (χ0n) is 9.65. The van der Waals surface area contributed by atoms with Gasteiger partial charge in [0.05, 0.1) is 11.8 Å². The average molecular weight is 228 g/mol. The lowest BCUT2D eigenvalue weighted by atomic mass is 9.93. The fraction of sp³-hybridized carbons (Fsp3) is 0.231. The highest BCUT2D eigenvalue weighted by molar-refractivity contribution is 5.89. The number of nitrogens with one attached hydrogen (secondary N) is 1. The summed E-state index contributed by atoms with van der Waals surface area (Å²) in [5, 5.41) is 11.1. The van der Waals surface area contributed by atoms with Gasteiger partial charge in [-0.2, -0.15) is 5.26 Å². The van der Waals surface area contributed by atoms with Gasteiger partial charge in [-0.05, 0) is 37.6 Å². The van der Waals surface area contributed by atoms with Crippen molar-refractivity contribution >= 4 is 17.9 Å². The van der Waals surface area contributed by atoms with Crippen molar-refractivity contribution in [2.45, 2.75) is 19.4 Å². The normalized spacial score (nSPS) is 16.9. The number of nitrogens with zero attached hydrogens (tertiary/aromatic N) is 1. The quantitative estimate of drug-likeness (QED) is 0.751. The molecule has 1 amide bonds. The third-order valence-electron chi connectivity index (χ3n) is 2.63. The molecular weight excluding hydrogens is 216 g/mol. The number of fused-ring (bicyclic) bond motifs is 1. The minimum Gasteiger partial charge on any atom is -0.438 e. The van der Waals surface area contributed by atoms with E-state index in [2.05, 4.69) is 5.32 Å². The standard InChI is InChI=1S/C13H12N2O2/c1-13(2)10-8-9(4-3-7-14)5-6-11(10)15-12(16)17-13/h3-6,8H,1-2H3,(H,15,16)/b4-3-. The number of rotatable bonds is 1. The lowest BCUT2D eigenvalue weighted by Gasteiger charge is -2.32. The van der Waals surface area contributed by atoms with Gasteiger partial charge in [0, 0.05) is 11.6 Å². The Bertz CT molecular complexity index is 539. The van der Waals surface area contributed by atoms with E-state index < -0.39 is 11.7 Å². The van der Waals surface area contributed by atoms with Gasteiger partial charge in [-0.15, -0.1) is 0 Å². The number of carbonyl (C=O) groups is 1. The first-order valence-corrected chi connectivity index (χ1v) is 5.23. The molecule has 0 bridgehead atoms. The van der Waals surface area contributed by atoms with Crippen LogP contribution in [0.4, 0.5) is 10.5 Å². The average Bonchev–Trinajstić information content (AvgIpc) is 2.25. The zero-order valence-corrected chi connectivity index (χ0v) is 9.65. The summed E-state index contributed by atoms with van der Waals surface area (Å²) in [6.07, 6.45) is 2.69. The Morgan fingerprint density at radius 2 is 2.24 bits per heavy atom. The van der Waals surface area contributed by atoms with E-state index >= 15 is 0 Å². The fourth-order valence-electron chi connectivity index (χ4n) is 1.83. The summed E-state index contributed by atoms with van der Waals surface area (Å²) in [5.41, 5.74) is 1.89. The van der Waals surface area contributed by atoms with E-state index in [0.29, 0.717) is 0 Å². The van der Waals surface area contributed by atoms with Crippen LogP contribution >= 0.6 is 0 Å². The molecule has 1 aliphatic rings. The molecule has 1 heterocycles. The molecule has 0 aliphatic carbocycles. The Morgan fingerprint density at radius 3 is 2.94 bits per heavy atom. The number of benzene rings is 1. The smallest absolute Gasteiger partial charge is 0.412 e. The van der Waals surface area contributed by atoms with Crippen molar-refractivity contribution in [1.29, 1.82) is 5.26 Å². The van der Waals surface area contributed by atoms with Crippen LogP contribution in [0, 0.1) is 11.3 Å². The first-order chi connectivity index (χ1) is 8.03. The summed E-state index contributed by atoms with van der Waals surface area (Å²) in [6.45, 7) is 3.67. The highest BCUT2D eigenvalue weighted by Gasteiger charge is 2.33. The molecule has 86 valence electrons. The van der Waals surface area contributed by atoms with Crippen LogP contribution in [0.2, 0.25) is 0 Å². The number of allylic oxidation sites excluding steroid dienone is 1. The minimum absolute atomic E-state index is 0.442. The summed E-state index contributed by atoms with van der Waals surface area (Å²) in [6, 6.07) is 7.50. The molecule has 2 rings (SSSR count). The predicted molar refractivity (Wildman–Crippen MR) is 64.2 cm³/mol. The Kier molecular flexibility index (Phi) is 2.60. The largest absolute Gasteiger partial charge is 0.438 e. The van der Waals surface area contributed by atoms with Gasteiger partial charge in [0.2, 0.25) is 0 Å². The molecule has 1 aromatic carbocycles. The first-order valence-electron chi connectivity index (χ1n) is 5.23. The van der Waals surface area contributed by atoms with Crippen LogP contribution in [-0.2, 0) is 10.3 Å². The summed E-state index contributed by atoms with van der Waals surface area (Å²) in [5.74, 6) is 0. The van der Waals surface area contributed by atoms with Crippen LogP contribution in [0.25, 0.3) is 6.08 Å². The molecule has 0 spiro atoms. The highest BCUT2D eigenvalue weighted by Crippen LogP contribution is 2.36. The van der Waals surface area contributed by atoms with Gasteiger partial charge < -0.3 is 4.74 Å². The van der Waals surface area contributed by atoms with Crippen molar-refractivity contribution in [3.05, 3.63) is 35.4 Å². The van der Waals surface area contributed by atoms with Gasteiger partial charge in [0.1, 0.15) is 5.60 Å². The number of amides is 1. The van der Waals surface area contributed by atoms with Gasteiger partial charge in [-0.25, -0.2) is 4.79 Å². The number of ether oxygens (including phenoxy) is 1. The topological polar surface area (TPSA) is 62.1 Å². The summed E-state index contributed by atoms with van der Waals surface area (Å²) in [4.78, 5) is 11.3. The van der Waals surface area contributed by atoms with Gasteiger partial charge in [-0.1, -0.05) is 6.07 Å². The van der Waals surface area contributed by atoms with E-state index in [1.165, 1.54) is 6.08 Å². The molecule has 4 heteroatoms. The molecule has 0 aromatic heterocycles. The molecule has 4 nitrogen and oxygen atoms in total. The van der Waals surface area contributed by atoms with Crippen LogP contribution in [-0.4, -0.2) is 6.09 Å². The van der Waals surface area contributed by atoms with E-state index in [0.717, 1.165) is 16.8 Å². The number of cyclic esters (lactones) is 1. The third-order valence-corrected chi connectivity index (χ3v) is 2.63. The Hall–Kier alpha value is -2.28. The number of hydrogen-bond donors (Lipinski definition) is 1. The van der Waals surface area contributed by atoms with Gasteiger partial charge in [0.15, 0.2) is 0 Å². The molecule has 1 N–H and O–H groups in total. The second-order valence-corrected chi connectivity index (χ2v) is 4.29. The number of anilines is 1. The lowest BCUT2D eigenvalue weighted by molar-refractivity contribution is 0.0420. The molecule has 0 unspecified atom stereocenters. The fourth-order valence-corrected chi connectivity index (χ4v) is 1.83. The number of nitriles is 1. The number of carbonyl (C=O) groups excluding carboxylic acids is 1. The Labute approximate surface area is 99.5 Å². The van der Waals surface area contributed by atoms with E-state index in [4.69, 9.17) is 10.00 Å². The second-order valence-electron chi connectivity index (χ2n) is 4.29. The maximum absolute atomic E-state index is 11.3. The van der Waals surface area contributed by atoms with E-state index in [1.807, 2.05) is 38.1 Å². The molecule has 0 saturated heterocycles. The Balaban J connectivity index is 2.48. The van der Waals surface area contributed by atoms with Crippen molar-refractivity contribution in [3.8, 4) is 6.07 Å². The highest BCUT2D eigenvalue weighted by atomic mass is 16.6. The minimum atomic E-state index is -0.659. The maximum atomic E-state index is 11.3. The van der Waals surface area contributed by atoms with Crippen LogP contribution in [0.15, 0.2) is 24.3 Å². The predicted octanol–water partition coefficient (Wildman–Crippen LogP) is 3.02. The van der Waals surface area contributed by atoms with Crippen LogP contribution in [0.5, 0.6) is 0 Å². The monoisotopic (exact) mass is 228 g/mol. The van der Waals surface area contributed by atoms with Crippen molar-refractivity contribution in [1.82, 2.24) is 0 Å². The molecule has 0 saturated carbocycles. The van der Waals surface area contributed by atoms with Gasteiger partial charge in [0.25, 0.3) is 0 Å². The maximum Gasteiger partial charge on any atom is 0.412 e. The second kappa shape index (κ2) is 3.95. The molecule has 1 aromatic rings. The molecule has 0 fully saturated rings. The van der Waals surface area contributed by atoms with Crippen molar-refractivity contribution in [2.24, 2.45) is 0 Å². The van der Waals surface area contributed by atoms with Crippen LogP contribution < -0.4 is 5.32 Å². The third kappa shape index (κ3) is 2.13. The first kappa shape index (κ1) is 11.2. The van der Waals surface area contributed by atoms with Gasteiger partial charge in [-0.3, -0.25) is 5.32 Å². The van der Waals surface area contributed by atoms with E-state index in [-0.39, 0.29) is 0 Å². The summed E-state index contributed by atoms with van der Waals surface area (Å²) < 4.78 is 5.22. The van der Waals surface area contributed by atoms with Crippen molar-refractivity contribution in [3.63, 3.8) is 0 Å². The number of hydrogen-bond acceptors (Lipinski definition) is 3. The molecule has 1 aliphatic heterocycles. The van der Waals surface area contributed by atoms with Crippen molar-refractivity contribution in [2.75, 3.05) is 5.32 Å². The van der Waals surface area contributed by atoms with Crippen molar-refractivity contribution < 1.29 is 9.53 Å². The Morgan fingerprint density at radius 1 is 1.47 bits per heavy atom.